The van der Waals surface area contributed by atoms with Crippen molar-refractivity contribution in [2.24, 2.45) is 0 Å². The summed E-state index contributed by atoms with van der Waals surface area (Å²) >= 11 is 0. The van der Waals surface area contributed by atoms with Crippen LogP contribution in [-0.4, -0.2) is 14.6 Å². The maximum Gasteiger partial charge on any atom is 0.240 e. The molecule has 0 spiro atoms. The highest BCUT2D eigenvalue weighted by Gasteiger charge is 2.11. The molecule has 2 N–H and O–H groups in total. The Morgan fingerprint density at radius 2 is 1.41 bits per heavy atom. The lowest BCUT2D eigenvalue weighted by atomic mass is 10.0. The maximum atomic E-state index is 5.78. The van der Waals surface area contributed by atoms with E-state index in [0.717, 1.165) is 27.9 Å². The molecule has 0 bridgehead atoms. The monoisotopic (exact) mass is 286 g/mol. The minimum absolute atomic E-state index is 0.280. The number of nitrogens with two attached hydrogens (primary N) is 1. The highest BCUT2D eigenvalue weighted by molar-refractivity contribution is 5.82. The molecule has 0 atom stereocenters. The van der Waals surface area contributed by atoms with Gasteiger partial charge in [0.25, 0.3) is 0 Å². The van der Waals surface area contributed by atoms with Crippen LogP contribution in [0.4, 0.5) is 5.95 Å². The number of aromatic nitrogens is 3. The summed E-state index contributed by atoms with van der Waals surface area (Å²) in [7, 11) is 0. The molecule has 0 saturated carbocycles. The normalized spacial score (nSPS) is 10.9. The zero-order valence-corrected chi connectivity index (χ0v) is 11.8. The molecule has 0 aliphatic carbocycles. The van der Waals surface area contributed by atoms with E-state index in [9.17, 15) is 0 Å². The van der Waals surface area contributed by atoms with Gasteiger partial charge >= 0.3 is 0 Å². The lowest BCUT2D eigenvalue weighted by Crippen LogP contribution is -1.93. The van der Waals surface area contributed by atoms with Crippen LogP contribution in [0.3, 0.4) is 0 Å². The standard InChI is InChI=1S/C18H14N4/c19-18-20-17-16(14-9-5-2-6-10-14)11-15(12-22(17)21-18)13-7-3-1-4-8-13/h1-12H,(H2,19,21). The second-order valence-corrected chi connectivity index (χ2v) is 5.11. The Balaban J connectivity index is 2.02. The van der Waals surface area contributed by atoms with E-state index in [4.69, 9.17) is 5.73 Å². The molecule has 106 valence electrons. The van der Waals surface area contributed by atoms with Crippen LogP contribution in [-0.2, 0) is 0 Å². The fraction of sp³-hybridized carbons (Fsp3) is 0. The van der Waals surface area contributed by atoms with Gasteiger partial charge in [0.1, 0.15) is 0 Å². The topological polar surface area (TPSA) is 56.2 Å². The molecule has 0 amide bonds. The van der Waals surface area contributed by atoms with Gasteiger partial charge in [-0.2, -0.15) is 4.98 Å². The summed E-state index contributed by atoms with van der Waals surface area (Å²) in [6, 6.07) is 22.5. The highest BCUT2D eigenvalue weighted by Crippen LogP contribution is 2.29. The summed E-state index contributed by atoms with van der Waals surface area (Å²) in [5.74, 6) is 0.280. The van der Waals surface area contributed by atoms with Crippen LogP contribution in [0.15, 0.2) is 72.9 Å². The van der Waals surface area contributed by atoms with E-state index < -0.39 is 0 Å². The predicted octanol–water partition coefficient (Wildman–Crippen LogP) is 3.65. The van der Waals surface area contributed by atoms with Crippen LogP contribution in [0, 0.1) is 0 Å². The van der Waals surface area contributed by atoms with Crippen LogP contribution in [0.25, 0.3) is 27.9 Å². The van der Waals surface area contributed by atoms with E-state index in [1.54, 1.807) is 4.52 Å². The van der Waals surface area contributed by atoms with Crippen molar-refractivity contribution in [2.75, 3.05) is 5.73 Å². The van der Waals surface area contributed by atoms with Gasteiger partial charge in [-0.15, -0.1) is 5.10 Å². The third kappa shape index (κ3) is 2.11. The summed E-state index contributed by atoms with van der Waals surface area (Å²) < 4.78 is 1.75. The summed E-state index contributed by atoms with van der Waals surface area (Å²) in [5, 5.41) is 4.27. The number of hydrogen-bond donors (Lipinski definition) is 1. The van der Waals surface area contributed by atoms with E-state index in [-0.39, 0.29) is 5.95 Å². The second kappa shape index (κ2) is 5.00. The Morgan fingerprint density at radius 3 is 2.09 bits per heavy atom. The van der Waals surface area contributed by atoms with Gasteiger partial charge in [-0.1, -0.05) is 60.7 Å². The maximum absolute atomic E-state index is 5.78. The fourth-order valence-electron chi connectivity index (χ4n) is 2.62. The number of nitrogen functional groups attached to an aromatic ring is 1. The molecule has 0 aliphatic rings. The van der Waals surface area contributed by atoms with Crippen molar-refractivity contribution in [1.82, 2.24) is 14.6 Å². The Bertz CT molecular complexity index is 927. The number of nitrogens with zero attached hydrogens (tertiary/aromatic N) is 3. The summed E-state index contributed by atoms with van der Waals surface area (Å²) in [4.78, 5) is 4.35. The quantitative estimate of drug-likeness (QED) is 0.612. The number of benzene rings is 2. The van der Waals surface area contributed by atoms with Crippen LogP contribution in [0.2, 0.25) is 0 Å². The molecule has 22 heavy (non-hydrogen) atoms. The van der Waals surface area contributed by atoms with E-state index in [1.165, 1.54) is 0 Å². The molecule has 2 aromatic carbocycles. The minimum atomic E-state index is 0.280. The first kappa shape index (κ1) is 12.6. The Kier molecular flexibility index (Phi) is 2.86. The molecule has 2 aromatic heterocycles. The molecule has 4 aromatic rings. The first-order chi connectivity index (χ1) is 10.8. The average Bonchev–Trinajstić information content (AvgIpc) is 2.95. The zero-order valence-electron chi connectivity index (χ0n) is 11.8. The van der Waals surface area contributed by atoms with Gasteiger partial charge in [-0.3, -0.25) is 0 Å². The summed E-state index contributed by atoms with van der Waals surface area (Å²) in [6.07, 6.45) is 1.96. The number of rotatable bonds is 2. The van der Waals surface area contributed by atoms with Crippen LogP contribution < -0.4 is 5.73 Å². The molecular weight excluding hydrogens is 272 g/mol. The SMILES string of the molecule is Nc1nc2c(-c3ccccc3)cc(-c3ccccc3)cn2n1. The van der Waals surface area contributed by atoms with Crippen molar-refractivity contribution in [2.45, 2.75) is 0 Å². The Labute approximate surface area is 127 Å². The molecule has 0 saturated heterocycles. The Morgan fingerprint density at radius 1 is 0.773 bits per heavy atom. The molecule has 0 unspecified atom stereocenters. The van der Waals surface area contributed by atoms with Gasteiger partial charge in [-0.25, -0.2) is 4.52 Å². The fourth-order valence-corrected chi connectivity index (χ4v) is 2.62. The lowest BCUT2D eigenvalue weighted by Gasteiger charge is -2.08. The van der Waals surface area contributed by atoms with Gasteiger partial charge < -0.3 is 5.73 Å². The lowest BCUT2D eigenvalue weighted by molar-refractivity contribution is 0.970. The van der Waals surface area contributed by atoms with E-state index in [1.807, 2.05) is 42.6 Å². The molecular formula is C18H14N4. The van der Waals surface area contributed by atoms with Crippen molar-refractivity contribution in [3.05, 3.63) is 72.9 Å². The van der Waals surface area contributed by atoms with Gasteiger partial charge in [0.05, 0.1) is 0 Å². The van der Waals surface area contributed by atoms with Crippen LogP contribution >= 0.6 is 0 Å². The van der Waals surface area contributed by atoms with Gasteiger partial charge in [0.15, 0.2) is 5.65 Å². The second-order valence-electron chi connectivity index (χ2n) is 5.11. The van der Waals surface area contributed by atoms with E-state index in [2.05, 4.69) is 40.4 Å². The third-order valence-electron chi connectivity index (χ3n) is 3.64. The molecule has 0 radical (unpaired) electrons. The predicted molar refractivity (Wildman–Crippen MR) is 88.3 cm³/mol. The third-order valence-corrected chi connectivity index (χ3v) is 3.64. The van der Waals surface area contributed by atoms with E-state index >= 15 is 0 Å². The zero-order chi connectivity index (χ0) is 14.9. The summed E-state index contributed by atoms with van der Waals surface area (Å²) in [5.41, 5.74) is 10.9. The molecule has 0 aliphatic heterocycles. The number of anilines is 1. The Hall–Kier alpha value is -3.14. The first-order valence-electron chi connectivity index (χ1n) is 7.08. The molecule has 0 fully saturated rings. The van der Waals surface area contributed by atoms with Gasteiger partial charge in [-0.05, 0) is 17.2 Å². The largest absolute Gasteiger partial charge is 0.366 e. The highest BCUT2D eigenvalue weighted by atomic mass is 15.3. The number of pyridine rings is 1. The van der Waals surface area contributed by atoms with Crippen LogP contribution in [0.5, 0.6) is 0 Å². The number of hydrogen-bond acceptors (Lipinski definition) is 3. The minimum Gasteiger partial charge on any atom is -0.366 e. The van der Waals surface area contributed by atoms with Crippen molar-refractivity contribution in [3.8, 4) is 22.3 Å². The summed E-state index contributed by atoms with van der Waals surface area (Å²) in [6.45, 7) is 0. The molecule has 4 rings (SSSR count). The van der Waals surface area contributed by atoms with Crippen molar-refractivity contribution in [3.63, 3.8) is 0 Å². The first-order valence-corrected chi connectivity index (χ1v) is 7.08. The van der Waals surface area contributed by atoms with Crippen LogP contribution in [0.1, 0.15) is 0 Å². The van der Waals surface area contributed by atoms with Gasteiger partial charge in [0.2, 0.25) is 5.95 Å². The van der Waals surface area contributed by atoms with Crippen molar-refractivity contribution < 1.29 is 0 Å². The average molecular weight is 286 g/mol. The number of fused-ring (bicyclic) bond motifs is 1. The smallest absolute Gasteiger partial charge is 0.240 e. The van der Waals surface area contributed by atoms with E-state index in [0.29, 0.717) is 0 Å². The molecule has 4 nitrogen and oxygen atoms in total. The van der Waals surface area contributed by atoms with Crippen molar-refractivity contribution in [1.29, 1.82) is 0 Å². The van der Waals surface area contributed by atoms with Gasteiger partial charge in [0, 0.05) is 17.3 Å². The molecule has 4 heteroatoms. The van der Waals surface area contributed by atoms with Crippen molar-refractivity contribution >= 4 is 11.6 Å². The molecule has 2 heterocycles.